The Kier molecular flexibility index (Phi) is 12.1. The maximum atomic E-state index is 14.0. The van der Waals surface area contributed by atoms with Gasteiger partial charge in [-0.2, -0.15) is 0 Å². The van der Waals surface area contributed by atoms with Crippen LogP contribution in [0.1, 0.15) is 80.4 Å². The lowest BCUT2D eigenvalue weighted by molar-refractivity contribution is -0.135. The summed E-state index contributed by atoms with van der Waals surface area (Å²) < 4.78 is 9.64. The molecule has 4 unspecified atom stereocenters. The SMILES string of the molecule is COC(=O)NC(C(=O)N1CCCC1c1ncc(-c2ccc(-c3ccc4cc(-c5cnc(C6CCCN6C(=O)C(NC(=O)OC)C(C)C)[nH]5)ccc4c3)cc2)[nH]1)c1cccc(C)c1. The van der Waals surface area contributed by atoms with Crippen LogP contribution in [0.2, 0.25) is 0 Å². The van der Waals surface area contributed by atoms with Crippen LogP contribution in [0.15, 0.2) is 97.3 Å². The standard InChI is InChI=1S/C48H52N8O6/c1-28(2)41(53-47(59)61-4)45(57)55-21-7-11-39(55)44-50-27-38(52-44)35-20-19-33-24-32(17-18-34(33)25-35)30-13-15-31(16-14-30)37-26-49-43(51-37)40-12-8-22-56(40)46(58)42(54-48(60)62-5)36-10-6-9-29(3)23-36/h6,9-10,13-20,23-28,39-42H,7-8,11-12,21-22H2,1-5H3,(H,49,51)(H,50,52)(H,53,59)(H,54,60). The van der Waals surface area contributed by atoms with Gasteiger partial charge in [0.1, 0.15) is 23.7 Å². The first-order valence-corrected chi connectivity index (χ1v) is 21.1. The highest BCUT2D eigenvalue weighted by Gasteiger charge is 2.39. The van der Waals surface area contributed by atoms with E-state index in [0.29, 0.717) is 24.5 Å². The van der Waals surface area contributed by atoms with Crippen molar-refractivity contribution in [3.05, 3.63) is 120 Å². The topological polar surface area (TPSA) is 175 Å². The number of aromatic nitrogens is 4. The van der Waals surface area contributed by atoms with Crippen molar-refractivity contribution in [1.29, 1.82) is 0 Å². The number of aryl methyl sites for hydroxylation is 1. The molecule has 8 rings (SSSR count). The molecule has 2 saturated heterocycles. The van der Waals surface area contributed by atoms with Crippen LogP contribution in [0.3, 0.4) is 0 Å². The van der Waals surface area contributed by atoms with Gasteiger partial charge < -0.3 is 39.9 Å². The van der Waals surface area contributed by atoms with E-state index in [1.54, 1.807) is 4.90 Å². The van der Waals surface area contributed by atoms with Crippen LogP contribution in [0, 0.1) is 12.8 Å². The molecule has 14 heteroatoms. The van der Waals surface area contributed by atoms with Gasteiger partial charge in [-0.15, -0.1) is 0 Å². The maximum Gasteiger partial charge on any atom is 0.407 e. The Hall–Kier alpha value is -6.96. The zero-order chi connectivity index (χ0) is 43.5. The van der Waals surface area contributed by atoms with Gasteiger partial charge in [-0.1, -0.05) is 92.2 Å². The molecule has 4 heterocycles. The molecule has 0 bridgehead atoms. The fourth-order valence-corrected chi connectivity index (χ4v) is 8.73. The molecular formula is C48H52N8O6. The first kappa shape index (κ1) is 41.8. The predicted octanol–water partition coefficient (Wildman–Crippen LogP) is 8.40. The Labute approximate surface area is 360 Å². The fraction of sp³-hybridized carbons (Fsp3) is 0.333. The average molecular weight is 837 g/mol. The summed E-state index contributed by atoms with van der Waals surface area (Å²) in [7, 11) is 2.58. The summed E-state index contributed by atoms with van der Waals surface area (Å²) in [4.78, 5) is 72.0. The van der Waals surface area contributed by atoms with E-state index in [9.17, 15) is 19.2 Å². The van der Waals surface area contributed by atoms with Gasteiger partial charge in [0, 0.05) is 18.7 Å². The molecule has 320 valence electrons. The number of carbonyl (C=O) groups excluding carboxylic acids is 4. The molecule has 2 aromatic heterocycles. The second kappa shape index (κ2) is 17.9. The molecule has 4 aromatic carbocycles. The van der Waals surface area contributed by atoms with Gasteiger partial charge in [0.2, 0.25) is 5.91 Å². The van der Waals surface area contributed by atoms with Gasteiger partial charge in [0.15, 0.2) is 0 Å². The Balaban J connectivity index is 0.944. The van der Waals surface area contributed by atoms with E-state index in [-0.39, 0.29) is 29.8 Å². The molecule has 2 fully saturated rings. The van der Waals surface area contributed by atoms with Crippen molar-refractivity contribution in [2.45, 2.75) is 70.6 Å². The van der Waals surface area contributed by atoms with Gasteiger partial charge in [0.25, 0.3) is 5.91 Å². The van der Waals surface area contributed by atoms with Crippen LogP contribution in [0.5, 0.6) is 0 Å². The zero-order valence-corrected chi connectivity index (χ0v) is 35.6. The largest absolute Gasteiger partial charge is 0.453 e. The Morgan fingerprint density at radius 2 is 1.19 bits per heavy atom. The lowest BCUT2D eigenvalue weighted by Crippen LogP contribution is -2.51. The molecular weight excluding hydrogens is 785 g/mol. The van der Waals surface area contributed by atoms with Crippen molar-refractivity contribution >= 4 is 34.8 Å². The van der Waals surface area contributed by atoms with Crippen molar-refractivity contribution < 1.29 is 28.7 Å². The van der Waals surface area contributed by atoms with E-state index < -0.39 is 24.3 Å². The zero-order valence-electron chi connectivity index (χ0n) is 35.6. The van der Waals surface area contributed by atoms with Gasteiger partial charge in [-0.3, -0.25) is 9.59 Å². The number of alkyl carbamates (subject to hydrolysis) is 2. The van der Waals surface area contributed by atoms with E-state index in [0.717, 1.165) is 81.5 Å². The number of likely N-dealkylation sites (tertiary alicyclic amines) is 2. The van der Waals surface area contributed by atoms with Crippen LogP contribution in [-0.4, -0.2) is 87.1 Å². The highest BCUT2D eigenvalue weighted by atomic mass is 16.5. The molecule has 0 saturated carbocycles. The van der Waals surface area contributed by atoms with E-state index in [1.165, 1.54) is 14.2 Å². The molecule has 2 aliphatic rings. The number of amides is 4. The third-order valence-electron chi connectivity index (χ3n) is 12.0. The molecule has 0 radical (unpaired) electrons. The molecule has 0 aliphatic carbocycles. The number of nitrogens with zero attached hydrogens (tertiary/aromatic N) is 4. The number of H-pyrrole nitrogens is 2. The minimum absolute atomic E-state index is 0.108. The lowest BCUT2D eigenvalue weighted by Gasteiger charge is -2.30. The molecule has 4 amide bonds. The van der Waals surface area contributed by atoms with Crippen LogP contribution in [0.25, 0.3) is 44.4 Å². The van der Waals surface area contributed by atoms with E-state index in [1.807, 2.05) is 62.3 Å². The molecule has 6 aromatic rings. The van der Waals surface area contributed by atoms with Crippen LogP contribution in [-0.2, 0) is 19.1 Å². The van der Waals surface area contributed by atoms with Crippen molar-refractivity contribution in [2.75, 3.05) is 27.3 Å². The Bertz CT molecular complexity index is 2600. The van der Waals surface area contributed by atoms with Gasteiger partial charge in [-0.05, 0) is 83.7 Å². The van der Waals surface area contributed by atoms with E-state index in [2.05, 4.69) is 81.3 Å². The number of methoxy groups -OCH3 is 2. The first-order chi connectivity index (χ1) is 30.0. The third kappa shape index (κ3) is 8.63. The fourth-order valence-electron chi connectivity index (χ4n) is 8.73. The summed E-state index contributed by atoms with van der Waals surface area (Å²) in [6, 6.07) is 26.6. The van der Waals surface area contributed by atoms with E-state index in [4.69, 9.17) is 19.4 Å². The molecule has 4 N–H and O–H groups in total. The normalized spacial score (nSPS) is 17.3. The summed E-state index contributed by atoms with van der Waals surface area (Å²) in [6.45, 7) is 6.90. The molecule has 0 spiro atoms. The summed E-state index contributed by atoms with van der Waals surface area (Å²) in [6.07, 6.45) is 5.53. The second-order valence-corrected chi connectivity index (χ2v) is 16.4. The summed E-state index contributed by atoms with van der Waals surface area (Å²) in [5, 5.41) is 7.63. The number of aromatic amines is 2. The van der Waals surface area contributed by atoms with Gasteiger partial charge >= 0.3 is 12.2 Å². The van der Waals surface area contributed by atoms with Crippen molar-refractivity contribution in [2.24, 2.45) is 5.92 Å². The predicted molar refractivity (Wildman–Crippen MR) is 236 cm³/mol. The maximum absolute atomic E-state index is 14.0. The summed E-state index contributed by atoms with van der Waals surface area (Å²) >= 11 is 0. The number of rotatable bonds is 11. The van der Waals surface area contributed by atoms with Crippen molar-refractivity contribution in [3.63, 3.8) is 0 Å². The number of hydrogen-bond acceptors (Lipinski definition) is 8. The number of nitrogens with one attached hydrogen (secondary N) is 4. The number of benzene rings is 4. The highest BCUT2D eigenvalue weighted by Crippen LogP contribution is 2.36. The molecule has 14 nitrogen and oxygen atoms in total. The average Bonchev–Trinajstić information content (AvgIpc) is 4.14. The van der Waals surface area contributed by atoms with Crippen molar-refractivity contribution in [1.82, 2.24) is 40.4 Å². The minimum atomic E-state index is -0.886. The van der Waals surface area contributed by atoms with E-state index >= 15 is 0 Å². The summed E-state index contributed by atoms with van der Waals surface area (Å²) in [5.74, 6) is 0.977. The highest BCUT2D eigenvalue weighted by molar-refractivity contribution is 5.91. The second-order valence-electron chi connectivity index (χ2n) is 16.4. The molecule has 2 aliphatic heterocycles. The Morgan fingerprint density at radius 3 is 1.79 bits per heavy atom. The molecule has 4 atom stereocenters. The van der Waals surface area contributed by atoms with Crippen LogP contribution >= 0.6 is 0 Å². The monoisotopic (exact) mass is 836 g/mol. The summed E-state index contributed by atoms with van der Waals surface area (Å²) in [5.41, 5.74) is 7.52. The number of fused-ring (bicyclic) bond motifs is 1. The number of hydrogen-bond donors (Lipinski definition) is 4. The lowest BCUT2D eigenvalue weighted by atomic mass is 9.98. The number of ether oxygens (including phenoxy) is 2. The van der Waals surface area contributed by atoms with Gasteiger partial charge in [-0.25, -0.2) is 19.6 Å². The first-order valence-electron chi connectivity index (χ1n) is 21.1. The smallest absolute Gasteiger partial charge is 0.407 e. The number of carbonyl (C=O) groups is 4. The van der Waals surface area contributed by atoms with Crippen LogP contribution in [0.4, 0.5) is 9.59 Å². The Morgan fingerprint density at radius 1 is 0.661 bits per heavy atom. The minimum Gasteiger partial charge on any atom is -0.453 e. The van der Waals surface area contributed by atoms with Crippen LogP contribution < -0.4 is 10.6 Å². The van der Waals surface area contributed by atoms with Gasteiger partial charge in [0.05, 0.1) is 50.1 Å². The number of imidazole rings is 2. The van der Waals surface area contributed by atoms with Crippen molar-refractivity contribution in [3.8, 4) is 33.6 Å². The third-order valence-corrected chi connectivity index (χ3v) is 12.0. The quantitative estimate of drug-likeness (QED) is 0.101. The molecule has 62 heavy (non-hydrogen) atoms.